The molecule has 0 aromatic heterocycles. The predicted molar refractivity (Wildman–Crippen MR) is 249 cm³/mol. The highest BCUT2D eigenvalue weighted by Gasteiger charge is 2.25. The van der Waals surface area contributed by atoms with E-state index in [1.807, 2.05) is 12.2 Å². The Morgan fingerprint density at radius 3 is 1.37 bits per heavy atom. The molecule has 60 heavy (non-hydrogen) atoms. The van der Waals surface area contributed by atoms with Gasteiger partial charge in [-0.15, -0.1) is 0 Å². The number of esters is 2. The molecule has 0 radical (unpaired) electrons. The molecule has 340 valence electrons. The zero-order valence-electron chi connectivity index (χ0n) is 38.6. The summed E-state index contributed by atoms with van der Waals surface area (Å²) < 4.78 is 17.1. The van der Waals surface area contributed by atoms with Crippen molar-refractivity contribution in [2.24, 2.45) is 0 Å². The van der Waals surface area contributed by atoms with Crippen LogP contribution in [-0.4, -0.2) is 75.5 Å². The summed E-state index contributed by atoms with van der Waals surface area (Å²) in [5.74, 6) is -1.86. The zero-order valence-corrected chi connectivity index (χ0v) is 38.6. The lowest BCUT2D eigenvalue weighted by molar-refractivity contribution is -0.889. The molecule has 0 saturated heterocycles. The SMILES string of the molecule is CC/C=C/C/C=C/C/C=C/C/C=C/C/C=C/CCC(=O)OCC(COCCC(C(=O)[O-])[N+](C)(C)C)OC(=O)CCCCCCCCCCCC/C=C/C/C=C/C/C=C/CC. The number of hydrogen-bond acceptors (Lipinski definition) is 7. The molecule has 0 spiro atoms. The molecule has 8 heteroatoms. The molecule has 8 nitrogen and oxygen atoms in total. The van der Waals surface area contributed by atoms with Crippen molar-refractivity contribution in [2.75, 3.05) is 41.0 Å². The third-order valence-corrected chi connectivity index (χ3v) is 9.73. The number of carbonyl (C=O) groups excluding carboxylic acids is 3. The normalized spacial score (nSPS) is 13.8. The lowest BCUT2D eigenvalue weighted by Crippen LogP contribution is -2.55. The van der Waals surface area contributed by atoms with E-state index in [1.165, 1.54) is 51.4 Å². The minimum Gasteiger partial charge on any atom is -0.544 e. The van der Waals surface area contributed by atoms with Gasteiger partial charge >= 0.3 is 11.9 Å². The summed E-state index contributed by atoms with van der Waals surface area (Å²) in [6, 6.07) is -0.742. The molecular weight excluding hydrogens is 751 g/mol. The Morgan fingerprint density at radius 1 is 0.500 bits per heavy atom. The number of quaternary nitrogens is 1. The fourth-order valence-electron chi connectivity index (χ4n) is 6.19. The van der Waals surface area contributed by atoms with E-state index in [9.17, 15) is 19.5 Å². The van der Waals surface area contributed by atoms with Crippen LogP contribution in [0.15, 0.2) is 97.2 Å². The van der Waals surface area contributed by atoms with Crippen LogP contribution >= 0.6 is 0 Å². The van der Waals surface area contributed by atoms with Gasteiger partial charge in [-0.1, -0.05) is 162 Å². The minimum absolute atomic E-state index is 0.0103. The summed E-state index contributed by atoms with van der Waals surface area (Å²) in [7, 11) is 5.38. The third kappa shape index (κ3) is 39.7. The van der Waals surface area contributed by atoms with Gasteiger partial charge in [-0.2, -0.15) is 0 Å². The number of likely N-dealkylation sites (N-methyl/N-ethyl adjacent to an activating group) is 1. The first-order valence-electron chi connectivity index (χ1n) is 23.3. The molecule has 0 aromatic rings. The van der Waals surface area contributed by atoms with Crippen molar-refractivity contribution in [1.29, 1.82) is 0 Å². The van der Waals surface area contributed by atoms with Crippen molar-refractivity contribution < 1.29 is 38.2 Å². The average molecular weight is 836 g/mol. The van der Waals surface area contributed by atoms with Crippen molar-refractivity contribution in [2.45, 2.75) is 174 Å². The highest BCUT2D eigenvalue weighted by molar-refractivity contribution is 5.70. The topological polar surface area (TPSA) is 102 Å². The average Bonchev–Trinajstić information content (AvgIpc) is 3.21. The van der Waals surface area contributed by atoms with Gasteiger partial charge in [0.2, 0.25) is 0 Å². The summed E-state index contributed by atoms with van der Waals surface area (Å²) in [4.78, 5) is 36.9. The van der Waals surface area contributed by atoms with Gasteiger partial charge in [0.15, 0.2) is 6.10 Å². The Kier molecular flexibility index (Phi) is 39.3. The monoisotopic (exact) mass is 836 g/mol. The number of carboxylic acid groups (broad SMARTS) is 1. The van der Waals surface area contributed by atoms with Crippen LogP contribution in [0.3, 0.4) is 0 Å². The summed E-state index contributed by atoms with van der Waals surface area (Å²) in [5, 5.41) is 11.6. The molecule has 2 atom stereocenters. The second kappa shape index (κ2) is 42.0. The smallest absolute Gasteiger partial charge is 0.306 e. The van der Waals surface area contributed by atoms with E-state index in [4.69, 9.17) is 14.2 Å². The molecule has 0 amide bonds. The number of carbonyl (C=O) groups is 3. The first-order chi connectivity index (χ1) is 29.1. The van der Waals surface area contributed by atoms with Gasteiger partial charge in [-0.05, 0) is 77.0 Å². The first kappa shape index (κ1) is 56.2. The largest absolute Gasteiger partial charge is 0.544 e. The summed E-state index contributed by atoms with van der Waals surface area (Å²) in [5.41, 5.74) is 0. The number of unbranched alkanes of at least 4 members (excludes halogenated alkanes) is 10. The van der Waals surface area contributed by atoms with Gasteiger partial charge in [0.05, 0.1) is 40.3 Å². The summed E-state index contributed by atoms with van der Waals surface area (Å²) in [6.07, 6.45) is 55.9. The fourth-order valence-corrected chi connectivity index (χ4v) is 6.19. The predicted octanol–water partition coefficient (Wildman–Crippen LogP) is 11.7. The van der Waals surface area contributed by atoms with Crippen molar-refractivity contribution >= 4 is 17.9 Å². The highest BCUT2D eigenvalue weighted by Crippen LogP contribution is 2.14. The number of carboxylic acids is 1. The van der Waals surface area contributed by atoms with Crippen LogP contribution in [0.5, 0.6) is 0 Å². The number of rotatable bonds is 40. The first-order valence-corrected chi connectivity index (χ1v) is 23.3. The van der Waals surface area contributed by atoms with Crippen molar-refractivity contribution in [3.8, 4) is 0 Å². The van der Waals surface area contributed by atoms with Crippen LogP contribution in [0.2, 0.25) is 0 Å². The van der Waals surface area contributed by atoms with Gasteiger partial charge < -0.3 is 28.6 Å². The lowest BCUT2D eigenvalue weighted by Gasteiger charge is -2.34. The molecule has 0 bridgehead atoms. The number of allylic oxidation sites excluding steroid dienone is 16. The van der Waals surface area contributed by atoms with Crippen molar-refractivity contribution in [1.82, 2.24) is 0 Å². The second-order valence-electron chi connectivity index (χ2n) is 16.2. The second-order valence-corrected chi connectivity index (χ2v) is 16.2. The molecule has 0 fully saturated rings. The van der Waals surface area contributed by atoms with Crippen molar-refractivity contribution in [3.05, 3.63) is 97.2 Å². The standard InChI is InChI=1S/C52H85NO7/c1-6-8-10-12-14-16-18-20-22-24-25-26-27-29-31-33-35-37-39-41-43-51(55)60-48(46-58-45-44-49(52(56)57)53(3,4)5)47-59-50(54)42-40-38-36-34-32-30-28-23-21-19-17-15-13-11-9-7-2/h8-11,14-17,20-23,30,32,36,38,48-49H,6-7,12-13,18-19,24-29,31,33-35,37,39-47H2,1-5H3/b10-8+,11-9+,16-14+,17-15+,22-20+,23-21+,32-30+,38-36+. The molecule has 0 N–H and O–H groups in total. The maximum atomic E-state index is 12.8. The van der Waals surface area contributed by atoms with Crippen LogP contribution in [-0.2, 0) is 28.6 Å². The Balaban J connectivity index is 4.41. The molecule has 0 saturated carbocycles. The van der Waals surface area contributed by atoms with Crippen LogP contribution in [0.25, 0.3) is 0 Å². The van der Waals surface area contributed by atoms with E-state index in [1.54, 1.807) is 21.1 Å². The number of ether oxygens (including phenoxy) is 3. The highest BCUT2D eigenvalue weighted by atomic mass is 16.6. The van der Waals surface area contributed by atoms with Crippen LogP contribution < -0.4 is 5.11 Å². The number of aliphatic carboxylic acids is 1. The van der Waals surface area contributed by atoms with Crippen LogP contribution in [0.1, 0.15) is 162 Å². The maximum absolute atomic E-state index is 12.8. The zero-order chi connectivity index (χ0) is 44.2. The Hall–Kier alpha value is -3.75. The molecule has 0 aromatic carbocycles. The molecular formula is C52H85NO7. The van der Waals surface area contributed by atoms with Gasteiger partial charge in [0, 0.05) is 19.3 Å². The Morgan fingerprint density at radius 2 is 0.917 bits per heavy atom. The van der Waals surface area contributed by atoms with E-state index in [2.05, 4.69) is 98.9 Å². The molecule has 2 unspecified atom stereocenters. The van der Waals surface area contributed by atoms with E-state index >= 15 is 0 Å². The van der Waals surface area contributed by atoms with E-state index in [-0.39, 0.29) is 49.1 Å². The Bertz CT molecular complexity index is 1300. The van der Waals surface area contributed by atoms with Crippen molar-refractivity contribution in [3.63, 3.8) is 0 Å². The number of nitrogens with zero attached hydrogens (tertiary/aromatic N) is 1. The molecule has 0 aliphatic carbocycles. The maximum Gasteiger partial charge on any atom is 0.306 e. The third-order valence-electron chi connectivity index (χ3n) is 9.73. The lowest BCUT2D eigenvalue weighted by atomic mass is 10.0. The summed E-state index contributed by atoms with van der Waals surface area (Å²) in [6.45, 7) is 4.34. The molecule has 0 heterocycles. The Labute approximate surface area is 366 Å². The minimum atomic E-state index is -1.14. The van der Waals surface area contributed by atoms with Gasteiger partial charge in [0.1, 0.15) is 12.6 Å². The van der Waals surface area contributed by atoms with Crippen LogP contribution in [0.4, 0.5) is 0 Å². The molecule has 0 aliphatic rings. The van der Waals surface area contributed by atoms with Crippen LogP contribution in [0, 0.1) is 0 Å². The number of hydrogen-bond donors (Lipinski definition) is 0. The van der Waals surface area contributed by atoms with E-state index in [0.717, 1.165) is 70.6 Å². The fraction of sp³-hybridized carbons (Fsp3) is 0.635. The molecule has 0 rings (SSSR count). The van der Waals surface area contributed by atoms with Gasteiger partial charge in [0.25, 0.3) is 0 Å². The van der Waals surface area contributed by atoms with Gasteiger partial charge in [-0.25, -0.2) is 0 Å². The van der Waals surface area contributed by atoms with E-state index < -0.39 is 18.1 Å². The quantitative estimate of drug-likeness (QED) is 0.0262. The molecule has 0 aliphatic heterocycles. The summed E-state index contributed by atoms with van der Waals surface area (Å²) >= 11 is 0. The van der Waals surface area contributed by atoms with Gasteiger partial charge in [-0.3, -0.25) is 9.59 Å². The van der Waals surface area contributed by atoms with E-state index in [0.29, 0.717) is 12.8 Å².